The molecule has 23 heavy (non-hydrogen) atoms. The summed E-state index contributed by atoms with van der Waals surface area (Å²) in [5.41, 5.74) is 2.44. The third-order valence-electron chi connectivity index (χ3n) is 5.05. The number of aromatic nitrogens is 1. The maximum absolute atomic E-state index is 12.8. The summed E-state index contributed by atoms with van der Waals surface area (Å²) in [5.74, 6) is 0.624. The van der Waals surface area contributed by atoms with E-state index in [2.05, 4.69) is 16.6 Å². The van der Waals surface area contributed by atoms with E-state index in [4.69, 9.17) is 9.26 Å². The highest BCUT2D eigenvalue weighted by Gasteiger charge is 2.42. The van der Waals surface area contributed by atoms with E-state index < -0.39 is 0 Å². The number of fused-ring (bicyclic) bond motifs is 2. The molecule has 4 heterocycles. The lowest BCUT2D eigenvalue weighted by atomic mass is 9.82. The molecule has 2 aromatic heterocycles. The fraction of sp³-hybridized carbons (Fsp3) is 0.529. The van der Waals surface area contributed by atoms with E-state index in [1.54, 1.807) is 6.92 Å². The van der Waals surface area contributed by atoms with Crippen LogP contribution in [-0.4, -0.2) is 35.7 Å². The SMILES string of the molecule is Cc1noc(C)c1C(=O)N1CCC2(CC1)OCCc1sccc12. The van der Waals surface area contributed by atoms with Gasteiger partial charge in [0.15, 0.2) is 0 Å². The van der Waals surface area contributed by atoms with Crippen molar-refractivity contribution in [3.63, 3.8) is 0 Å². The van der Waals surface area contributed by atoms with Gasteiger partial charge in [0.1, 0.15) is 11.3 Å². The number of rotatable bonds is 1. The molecule has 0 bridgehead atoms. The van der Waals surface area contributed by atoms with Crippen LogP contribution < -0.4 is 0 Å². The van der Waals surface area contributed by atoms with Crippen molar-refractivity contribution in [2.45, 2.75) is 38.7 Å². The second kappa shape index (κ2) is 5.46. The Labute approximate surface area is 139 Å². The summed E-state index contributed by atoms with van der Waals surface area (Å²) in [4.78, 5) is 16.1. The first kappa shape index (κ1) is 14.9. The molecule has 2 aromatic rings. The maximum atomic E-state index is 12.8. The first-order valence-corrected chi connectivity index (χ1v) is 8.92. The third-order valence-corrected chi connectivity index (χ3v) is 6.03. The number of ether oxygens (including phenoxy) is 1. The highest BCUT2D eigenvalue weighted by atomic mass is 32.1. The monoisotopic (exact) mass is 332 g/mol. The molecule has 0 aliphatic carbocycles. The highest BCUT2D eigenvalue weighted by molar-refractivity contribution is 7.10. The van der Waals surface area contributed by atoms with Gasteiger partial charge in [-0.1, -0.05) is 5.16 Å². The van der Waals surface area contributed by atoms with E-state index in [9.17, 15) is 4.79 Å². The fourth-order valence-corrected chi connectivity index (χ4v) is 4.74. The van der Waals surface area contributed by atoms with Crippen LogP contribution in [0, 0.1) is 13.8 Å². The number of piperidine rings is 1. The quantitative estimate of drug-likeness (QED) is 0.805. The summed E-state index contributed by atoms with van der Waals surface area (Å²) in [6, 6.07) is 2.20. The van der Waals surface area contributed by atoms with Crippen molar-refractivity contribution < 1.29 is 14.1 Å². The van der Waals surface area contributed by atoms with Crippen molar-refractivity contribution in [2.75, 3.05) is 19.7 Å². The molecule has 1 spiro atoms. The topological polar surface area (TPSA) is 55.6 Å². The summed E-state index contributed by atoms with van der Waals surface area (Å²) in [7, 11) is 0. The number of amides is 1. The average Bonchev–Trinajstić information content (AvgIpc) is 3.16. The molecule has 5 nitrogen and oxygen atoms in total. The minimum atomic E-state index is -0.191. The first-order chi connectivity index (χ1) is 11.1. The van der Waals surface area contributed by atoms with Crippen LogP contribution in [0.4, 0.5) is 0 Å². The van der Waals surface area contributed by atoms with Crippen LogP contribution >= 0.6 is 11.3 Å². The standard InChI is InChI=1S/C17H20N2O3S/c1-11-15(12(2)22-18-11)16(20)19-7-5-17(6-8-19)13-4-10-23-14(13)3-9-21-17/h4,10H,3,5-9H2,1-2H3. The molecule has 0 N–H and O–H groups in total. The number of carbonyl (C=O) groups excluding carboxylic acids is 1. The van der Waals surface area contributed by atoms with Gasteiger partial charge in [0.05, 0.1) is 17.9 Å². The van der Waals surface area contributed by atoms with Gasteiger partial charge in [-0.15, -0.1) is 11.3 Å². The van der Waals surface area contributed by atoms with Gasteiger partial charge in [-0.25, -0.2) is 0 Å². The molecule has 0 unspecified atom stereocenters. The molecule has 2 aliphatic heterocycles. The van der Waals surface area contributed by atoms with Gasteiger partial charge < -0.3 is 14.2 Å². The Hall–Kier alpha value is -1.66. The summed E-state index contributed by atoms with van der Waals surface area (Å²) < 4.78 is 11.3. The minimum Gasteiger partial charge on any atom is -0.370 e. The van der Waals surface area contributed by atoms with Crippen molar-refractivity contribution in [1.82, 2.24) is 10.1 Å². The summed E-state index contributed by atoms with van der Waals surface area (Å²) >= 11 is 1.82. The summed E-state index contributed by atoms with van der Waals surface area (Å²) in [6.45, 7) is 5.80. The zero-order chi connectivity index (χ0) is 16.0. The van der Waals surface area contributed by atoms with E-state index in [0.29, 0.717) is 30.1 Å². The van der Waals surface area contributed by atoms with Crippen LogP contribution in [0.15, 0.2) is 16.0 Å². The minimum absolute atomic E-state index is 0.0254. The van der Waals surface area contributed by atoms with Crippen LogP contribution in [0.5, 0.6) is 0 Å². The Morgan fingerprint density at radius 3 is 2.83 bits per heavy atom. The largest absolute Gasteiger partial charge is 0.370 e. The molecular formula is C17H20N2O3S. The van der Waals surface area contributed by atoms with Crippen LogP contribution in [0.3, 0.4) is 0 Å². The van der Waals surface area contributed by atoms with E-state index in [1.807, 2.05) is 23.2 Å². The number of hydrogen-bond acceptors (Lipinski definition) is 5. The van der Waals surface area contributed by atoms with Crippen molar-refractivity contribution in [3.05, 3.63) is 38.9 Å². The van der Waals surface area contributed by atoms with E-state index in [0.717, 1.165) is 25.9 Å². The lowest BCUT2D eigenvalue weighted by Crippen LogP contribution is -2.48. The number of thiophene rings is 1. The summed E-state index contributed by atoms with van der Waals surface area (Å²) in [6.07, 6.45) is 2.72. The third kappa shape index (κ3) is 2.32. The van der Waals surface area contributed by atoms with Crippen LogP contribution in [0.25, 0.3) is 0 Å². The molecule has 122 valence electrons. The second-order valence-electron chi connectivity index (χ2n) is 6.34. The molecule has 1 fully saturated rings. The lowest BCUT2D eigenvalue weighted by Gasteiger charge is -2.44. The normalized spacial score (nSPS) is 19.8. The average molecular weight is 332 g/mol. The van der Waals surface area contributed by atoms with Gasteiger partial charge in [0.25, 0.3) is 5.91 Å². The Morgan fingerprint density at radius 2 is 2.13 bits per heavy atom. The van der Waals surface area contributed by atoms with Gasteiger partial charge in [-0.2, -0.15) is 0 Å². The summed E-state index contributed by atoms with van der Waals surface area (Å²) in [5, 5.41) is 6.05. The van der Waals surface area contributed by atoms with Crippen molar-refractivity contribution >= 4 is 17.2 Å². The van der Waals surface area contributed by atoms with E-state index >= 15 is 0 Å². The first-order valence-electron chi connectivity index (χ1n) is 8.04. The second-order valence-corrected chi connectivity index (χ2v) is 7.34. The van der Waals surface area contributed by atoms with Crippen LogP contribution in [-0.2, 0) is 16.8 Å². The molecule has 6 heteroatoms. The Bertz CT molecular complexity index is 721. The van der Waals surface area contributed by atoms with E-state index in [1.165, 1.54) is 10.4 Å². The van der Waals surface area contributed by atoms with Crippen molar-refractivity contribution in [2.24, 2.45) is 0 Å². The zero-order valence-electron chi connectivity index (χ0n) is 13.4. The predicted octanol–water partition coefficient (Wildman–Crippen LogP) is 3.06. The highest BCUT2D eigenvalue weighted by Crippen LogP contribution is 2.43. The lowest BCUT2D eigenvalue weighted by molar-refractivity contribution is -0.0926. The van der Waals surface area contributed by atoms with Gasteiger partial charge in [-0.05, 0) is 43.7 Å². The van der Waals surface area contributed by atoms with Gasteiger partial charge in [0.2, 0.25) is 0 Å². The van der Waals surface area contributed by atoms with E-state index in [-0.39, 0.29) is 11.5 Å². The molecular weight excluding hydrogens is 312 g/mol. The molecule has 0 aromatic carbocycles. The maximum Gasteiger partial charge on any atom is 0.259 e. The molecule has 2 aliphatic rings. The van der Waals surface area contributed by atoms with Crippen molar-refractivity contribution in [1.29, 1.82) is 0 Å². The smallest absolute Gasteiger partial charge is 0.259 e. The van der Waals surface area contributed by atoms with Crippen LogP contribution in [0.2, 0.25) is 0 Å². The molecule has 0 radical (unpaired) electrons. The van der Waals surface area contributed by atoms with Gasteiger partial charge >= 0.3 is 0 Å². The number of aryl methyl sites for hydroxylation is 2. The Balaban J connectivity index is 1.53. The molecule has 1 amide bonds. The number of nitrogens with zero attached hydrogens (tertiary/aromatic N) is 2. The Kier molecular flexibility index (Phi) is 3.54. The molecule has 4 rings (SSSR count). The molecule has 0 saturated carbocycles. The zero-order valence-corrected chi connectivity index (χ0v) is 14.2. The number of likely N-dealkylation sites (tertiary alicyclic amines) is 1. The van der Waals surface area contributed by atoms with Gasteiger partial charge in [0, 0.05) is 24.4 Å². The molecule has 0 atom stereocenters. The van der Waals surface area contributed by atoms with Gasteiger partial charge in [-0.3, -0.25) is 4.79 Å². The molecule has 1 saturated heterocycles. The number of carbonyl (C=O) groups is 1. The predicted molar refractivity (Wildman–Crippen MR) is 86.8 cm³/mol. The number of hydrogen-bond donors (Lipinski definition) is 0. The fourth-order valence-electron chi connectivity index (χ4n) is 3.79. The van der Waals surface area contributed by atoms with Crippen molar-refractivity contribution in [3.8, 4) is 0 Å². The van der Waals surface area contributed by atoms with Crippen LogP contribution in [0.1, 0.15) is 45.1 Å². The Morgan fingerprint density at radius 1 is 1.35 bits per heavy atom.